The second-order valence-corrected chi connectivity index (χ2v) is 11.5. The highest BCUT2D eigenvalue weighted by Crippen LogP contribution is 2.13. The lowest BCUT2D eigenvalue weighted by Gasteiger charge is -2.30. The van der Waals surface area contributed by atoms with Crippen molar-refractivity contribution in [3.05, 3.63) is 122 Å². The maximum atomic E-state index is 7.50. The summed E-state index contributed by atoms with van der Waals surface area (Å²) in [6, 6.07) is 20.6. The third kappa shape index (κ3) is 24.4. The number of aliphatic imine (C=N–C) groups is 1. The number of rotatable bonds is 13. The van der Waals surface area contributed by atoms with E-state index in [-0.39, 0.29) is 23.9 Å². The van der Waals surface area contributed by atoms with Crippen molar-refractivity contribution in [1.82, 2.24) is 20.4 Å². The highest BCUT2D eigenvalue weighted by Gasteiger charge is 2.21. The molecule has 2 unspecified atom stereocenters. The molecule has 0 amide bonds. The third-order valence-electron chi connectivity index (χ3n) is 7.47. The van der Waals surface area contributed by atoms with Crippen molar-refractivity contribution in [2.75, 3.05) is 52.9 Å². The van der Waals surface area contributed by atoms with Gasteiger partial charge in [-0.1, -0.05) is 119 Å². The van der Waals surface area contributed by atoms with E-state index >= 15 is 0 Å². The molecule has 3 rings (SSSR count). The first-order valence-electron chi connectivity index (χ1n) is 17.3. The zero-order chi connectivity index (χ0) is 38.2. The van der Waals surface area contributed by atoms with Crippen LogP contribution in [0.2, 0.25) is 0 Å². The van der Waals surface area contributed by atoms with Crippen LogP contribution in [0.3, 0.4) is 0 Å². The van der Waals surface area contributed by atoms with E-state index in [4.69, 9.17) is 28.3 Å². The molecule has 0 radical (unpaired) electrons. The molecule has 1 heterocycles. The molecule has 0 spiro atoms. The predicted molar refractivity (Wildman–Crippen MR) is 219 cm³/mol. The fourth-order valence-corrected chi connectivity index (χ4v) is 4.36. The normalized spacial score (nSPS) is 12.7. The van der Waals surface area contributed by atoms with Crippen molar-refractivity contribution in [2.24, 2.45) is 39.6 Å². The van der Waals surface area contributed by atoms with Gasteiger partial charge in [-0.15, -0.1) is 6.58 Å². The molecule has 2 atom stereocenters. The van der Waals surface area contributed by atoms with Crippen LogP contribution in [-0.4, -0.2) is 80.6 Å². The van der Waals surface area contributed by atoms with Crippen molar-refractivity contribution >= 4 is 11.9 Å². The van der Waals surface area contributed by atoms with Crippen molar-refractivity contribution in [2.45, 2.75) is 52.5 Å². The zero-order valence-corrected chi connectivity index (χ0v) is 31.4. The molecular weight excluding hydrogens is 623 g/mol. The molecule has 1 aliphatic heterocycles. The Labute approximate surface area is 304 Å². The van der Waals surface area contributed by atoms with E-state index in [0.717, 1.165) is 57.0 Å². The zero-order valence-electron chi connectivity index (χ0n) is 31.4. The van der Waals surface area contributed by atoms with Gasteiger partial charge in [0.2, 0.25) is 0 Å². The molecule has 0 bridgehead atoms. The van der Waals surface area contributed by atoms with Crippen LogP contribution in [0.15, 0.2) is 116 Å². The number of hydrogen-bond donors (Lipinski definition) is 8. The van der Waals surface area contributed by atoms with E-state index in [0.29, 0.717) is 13.1 Å². The SMILES string of the molecule is C=C(C(CN=C(N)N)NC)N1CCCN(C(=N)N)CC1.C=CCNC(=C)C(CN)Cc1ccccc1.C=CN.CCCC.Cc1ccccc1. The molecule has 0 aliphatic carbocycles. The topological polar surface area (TPSA) is 197 Å². The third-order valence-corrected chi connectivity index (χ3v) is 7.47. The quantitative estimate of drug-likeness (QED) is 0.0860. The summed E-state index contributed by atoms with van der Waals surface area (Å²) in [5, 5.41) is 13.9. The van der Waals surface area contributed by atoms with Gasteiger partial charge in [-0.3, -0.25) is 10.4 Å². The Hall–Kier alpha value is -4.74. The lowest BCUT2D eigenvalue weighted by atomic mass is 9.97. The molecule has 13 N–H and O–H groups in total. The number of nitrogens with zero attached hydrogens (tertiary/aromatic N) is 3. The van der Waals surface area contributed by atoms with E-state index in [2.05, 4.69) is 97.6 Å². The van der Waals surface area contributed by atoms with Crippen LogP contribution in [0.4, 0.5) is 0 Å². The Morgan fingerprint density at radius 3 is 1.86 bits per heavy atom. The molecule has 11 nitrogen and oxygen atoms in total. The van der Waals surface area contributed by atoms with Crippen LogP contribution in [0, 0.1) is 18.3 Å². The summed E-state index contributed by atoms with van der Waals surface area (Å²) < 4.78 is 0. The molecule has 11 heteroatoms. The van der Waals surface area contributed by atoms with Gasteiger partial charge in [-0.25, -0.2) is 0 Å². The molecular formula is C39H69N11. The summed E-state index contributed by atoms with van der Waals surface area (Å²) in [6.45, 7) is 26.4. The Bertz CT molecular complexity index is 1190. The molecule has 2 aromatic carbocycles. The van der Waals surface area contributed by atoms with Crippen LogP contribution >= 0.6 is 0 Å². The molecule has 280 valence electrons. The highest BCUT2D eigenvalue weighted by atomic mass is 15.3. The van der Waals surface area contributed by atoms with Gasteiger partial charge in [0.25, 0.3) is 0 Å². The standard InChI is InChI=1S/C14H20N2.C12H26N8.C7H8.C4H10.C2H5N/c1-3-9-16-12(2)14(11-15)10-13-7-5-4-6-8-13;1-9(10(17-2)8-18-11(13)14)19-4-3-5-20(7-6-19)12(15)16;1-7-5-3-2-4-6-7;1-3-4-2;1-2-3/h3-8,14,16H,1-2,9-11,15H2;10,17H,1,3-8H2,2H3,(H3,15,16)(H4,13,14,18);2-6H,1H3;3-4H2,1-2H3;2H,1,3H2. The van der Waals surface area contributed by atoms with Gasteiger partial charge >= 0.3 is 0 Å². The van der Waals surface area contributed by atoms with E-state index in [9.17, 15) is 0 Å². The number of aryl methyl sites for hydroxylation is 1. The Morgan fingerprint density at radius 1 is 0.920 bits per heavy atom. The van der Waals surface area contributed by atoms with Crippen molar-refractivity contribution < 1.29 is 0 Å². The second kappa shape index (κ2) is 31.5. The van der Waals surface area contributed by atoms with Crippen LogP contribution in [0.25, 0.3) is 0 Å². The Kier molecular flexibility index (Phi) is 29.9. The first kappa shape index (κ1) is 47.4. The van der Waals surface area contributed by atoms with E-state index in [1.54, 1.807) is 0 Å². The van der Waals surface area contributed by atoms with Gasteiger partial charge < -0.3 is 49.1 Å². The van der Waals surface area contributed by atoms with Crippen LogP contribution in [-0.2, 0) is 6.42 Å². The lowest BCUT2D eigenvalue weighted by Crippen LogP contribution is -2.42. The van der Waals surface area contributed by atoms with Gasteiger partial charge in [0, 0.05) is 56.6 Å². The van der Waals surface area contributed by atoms with Gasteiger partial charge in [0.05, 0.1) is 12.6 Å². The summed E-state index contributed by atoms with van der Waals surface area (Å²) in [5.41, 5.74) is 31.2. The van der Waals surface area contributed by atoms with Crippen LogP contribution < -0.4 is 39.3 Å². The molecule has 1 saturated heterocycles. The number of guanidine groups is 2. The molecule has 1 fully saturated rings. The highest BCUT2D eigenvalue weighted by molar-refractivity contribution is 5.75. The fraction of sp³-hybridized carbons (Fsp3) is 0.436. The minimum atomic E-state index is 0.000906. The maximum Gasteiger partial charge on any atom is 0.188 e. The average molecular weight is 692 g/mol. The molecule has 0 aromatic heterocycles. The average Bonchev–Trinajstić information content (AvgIpc) is 3.38. The summed E-state index contributed by atoms with van der Waals surface area (Å²) >= 11 is 0. The molecule has 0 saturated carbocycles. The lowest BCUT2D eigenvalue weighted by molar-refractivity contribution is 0.324. The van der Waals surface area contributed by atoms with Crippen LogP contribution in [0.5, 0.6) is 0 Å². The number of benzene rings is 2. The fourth-order valence-electron chi connectivity index (χ4n) is 4.36. The summed E-state index contributed by atoms with van der Waals surface area (Å²) in [4.78, 5) is 8.11. The monoisotopic (exact) mass is 692 g/mol. The number of unbranched alkanes of at least 4 members (excludes halogenated alkanes) is 1. The van der Waals surface area contributed by atoms with E-state index < -0.39 is 0 Å². The maximum absolute atomic E-state index is 7.50. The Balaban J connectivity index is 0. The first-order chi connectivity index (χ1) is 23.9. The van der Waals surface area contributed by atoms with Gasteiger partial charge in [-0.2, -0.15) is 0 Å². The molecule has 50 heavy (non-hydrogen) atoms. The summed E-state index contributed by atoms with van der Waals surface area (Å²) in [6.07, 6.45) is 7.58. The number of nitrogens with one attached hydrogen (secondary N) is 3. The first-order valence-corrected chi connectivity index (χ1v) is 17.3. The number of likely N-dealkylation sites (N-methyl/N-ethyl adjacent to an activating group) is 1. The van der Waals surface area contributed by atoms with Gasteiger partial charge in [-0.05, 0) is 38.6 Å². The summed E-state index contributed by atoms with van der Waals surface area (Å²) in [7, 11) is 1.86. The van der Waals surface area contributed by atoms with Gasteiger partial charge in [0.15, 0.2) is 11.9 Å². The smallest absolute Gasteiger partial charge is 0.188 e. The molecule has 2 aromatic rings. The summed E-state index contributed by atoms with van der Waals surface area (Å²) in [5.74, 6) is 0.488. The molecule has 1 aliphatic rings. The van der Waals surface area contributed by atoms with Crippen molar-refractivity contribution in [1.29, 1.82) is 5.41 Å². The van der Waals surface area contributed by atoms with E-state index in [1.807, 2.05) is 54.4 Å². The van der Waals surface area contributed by atoms with E-state index in [1.165, 1.54) is 30.2 Å². The largest absolute Gasteiger partial charge is 0.405 e. The minimum Gasteiger partial charge on any atom is -0.405 e. The second-order valence-electron chi connectivity index (χ2n) is 11.5. The minimum absolute atomic E-state index is 0.000906. The predicted octanol–water partition coefficient (Wildman–Crippen LogP) is 4.25. The number of hydrogen-bond acceptors (Lipinski definition) is 7. The van der Waals surface area contributed by atoms with Crippen LogP contribution in [0.1, 0.15) is 44.2 Å². The number of nitrogens with two attached hydrogens (primary N) is 5. The van der Waals surface area contributed by atoms with Crippen molar-refractivity contribution in [3.8, 4) is 0 Å². The van der Waals surface area contributed by atoms with Gasteiger partial charge in [0.1, 0.15) is 0 Å². The van der Waals surface area contributed by atoms with Crippen molar-refractivity contribution in [3.63, 3.8) is 0 Å². The Morgan fingerprint density at radius 2 is 1.44 bits per heavy atom.